The number of carbonyl (C=O) groups is 1. The predicted molar refractivity (Wildman–Crippen MR) is 101 cm³/mol. The molecule has 1 aromatic carbocycles. The summed E-state index contributed by atoms with van der Waals surface area (Å²) in [4.78, 5) is 14.9. The summed E-state index contributed by atoms with van der Waals surface area (Å²) in [5.74, 6) is 1.75. The van der Waals surface area contributed by atoms with Gasteiger partial charge in [0, 0.05) is 23.6 Å². The summed E-state index contributed by atoms with van der Waals surface area (Å²) in [6, 6.07) is 9.68. The fourth-order valence-corrected chi connectivity index (χ4v) is 3.42. The van der Waals surface area contributed by atoms with E-state index in [9.17, 15) is 4.79 Å². The molecule has 140 valence electrons. The molecule has 0 radical (unpaired) electrons. The lowest BCUT2D eigenvalue weighted by atomic mass is 9.93. The van der Waals surface area contributed by atoms with E-state index in [1.807, 2.05) is 56.0 Å². The van der Waals surface area contributed by atoms with Crippen LogP contribution in [0.4, 0.5) is 0 Å². The van der Waals surface area contributed by atoms with Gasteiger partial charge in [0.1, 0.15) is 11.4 Å². The summed E-state index contributed by atoms with van der Waals surface area (Å²) in [5, 5.41) is 4.25. The van der Waals surface area contributed by atoms with Gasteiger partial charge in [-0.15, -0.1) is 0 Å². The lowest BCUT2D eigenvalue weighted by molar-refractivity contribution is -0.142. The van der Waals surface area contributed by atoms with E-state index in [2.05, 4.69) is 5.16 Å². The molecule has 1 amide bonds. The third kappa shape index (κ3) is 3.92. The average Bonchev–Trinajstić information content (AvgIpc) is 2.98. The van der Waals surface area contributed by atoms with Gasteiger partial charge in [-0.25, -0.2) is 0 Å². The van der Waals surface area contributed by atoms with Crippen LogP contribution < -0.4 is 4.74 Å². The Balaban J connectivity index is 1.87. The molecule has 1 saturated heterocycles. The molecule has 1 atom stereocenters. The minimum absolute atomic E-state index is 0.0382. The van der Waals surface area contributed by atoms with Crippen molar-refractivity contribution >= 4 is 5.91 Å². The van der Waals surface area contributed by atoms with Crippen molar-refractivity contribution in [2.24, 2.45) is 5.41 Å². The maximum atomic E-state index is 13.0. The molecule has 0 aliphatic carbocycles. The zero-order chi connectivity index (χ0) is 18.7. The van der Waals surface area contributed by atoms with Crippen LogP contribution >= 0.6 is 0 Å². The highest BCUT2D eigenvalue weighted by Crippen LogP contribution is 2.35. The molecule has 1 fully saturated rings. The van der Waals surface area contributed by atoms with Gasteiger partial charge in [0.2, 0.25) is 5.91 Å². The number of hydrogen-bond acceptors (Lipinski definition) is 4. The molecule has 0 bridgehead atoms. The van der Waals surface area contributed by atoms with Gasteiger partial charge in [-0.3, -0.25) is 4.79 Å². The second-order valence-electron chi connectivity index (χ2n) is 7.96. The first-order chi connectivity index (χ1) is 12.4. The lowest BCUT2D eigenvalue weighted by Gasteiger charge is -2.33. The maximum absolute atomic E-state index is 13.0. The second kappa shape index (κ2) is 7.52. The first kappa shape index (κ1) is 18.5. The standard InChI is InChI=1S/C21H28N2O3/c1-21(2,3)20(24)23-13-7-5-6-8-18(23)19-14-17(22-26-19)15-9-11-16(25-4)12-10-15/h9-12,14,18H,5-8,13H2,1-4H3. The minimum Gasteiger partial charge on any atom is -0.497 e. The van der Waals surface area contributed by atoms with Gasteiger partial charge in [0.25, 0.3) is 0 Å². The molecule has 2 heterocycles. The van der Waals surface area contributed by atoms with E-state index in [-0.39, 0.29) is 11.9 Å². The van der Waals surface area contributed by atoms with Crippen molar-refractivity contribution in [3.63, 3.8) is 0 Å². The van der Waals surface area contributed by atoms with Crippen LogP contribution in [0.2, 0.25) is 0 Å². The minimum atomic E-state index is -0.401. The Bertz CT molecular complexity index is 743. The van der Waals surface area contributed by atoms with Gasteiger partial charge in [-0.05, 0) is 37.1 Å². The number of rotatable bonds is 3. The fourth-order valence-electron chi connectivity index (χ4n) is 3.42. The molecular weight excluding hydrogens is 328 g/mol. The molecule has 0 N–H and O–H groups in total. The molecular formula is C21H28N2O3. The first-order valence-electron chi connectivity index (χ1n) is 9.32. The number of hydrogen-bond donors (Lipinski definition) is 0. The van der Waals surface area contributed by atoms with Gasteiger partial charge in [-0.2, -0.15) is 0 Å². The highest BCUT2D eigenvalue weighted by Gasteiger charge is 2.35. The highest BCUT2D eigenvalue weighted by atomic mass is 16.5. The molecule has 1 aliphatic heterocycles. The Kier molecular flexibility index (Phi) is 5.35. The van der Waals surface area contributed by atoms with Crippen LogP contribution in [0.1, 0.15) is 58.3 Å². The smallest absolute Gasteiger partial charge is 0.228 e. The van der Waals surface area contributed by atoms with E-state index in [1.165, 1.54) is 0 Å². The van der Waals surface area contributed by atoms with Crippen molar-refractivity contribution in [1.82, 2.24) is 10.1 Å². The van der Waals surface area contributed by atoms with E-state index in [0.717, 1.165) is 55.0 Å². The molecule has 26 heavy (non-hydrogen) atoms. The molecule has 3 rings (SSSR count). The summed E-state index contributed by atoms with van der Waals surface area (Å²) in [7, 11) is 1.65. The Morgan fingerprint density at radius 3 is 2.58 bits per heavy atom. The normalized spacial score (nSPS) is 18.5. The zero-order valence-electron chi connectivity index (χ0n) is 16.1. The topological polar surface area (TPSA) is 55.6 Å². The summed E-state index contributed by atoms with van der Waals surface area (Å²) < 4.78 is 10.9. The molecule has 1 aromatic heterocycles. The van der Waals surface area contributed by atoms with E-state index in [4.69, 9.17) is 9.26 Å². The van der Waals surface area contributed by atoms with E-state index >= 15 is 0 Å². The molecule has 1 unspecified atom stereocenters. The van der Waals surface area contributed by atoms with Crippen molar-refractivity contribution < 1.29 is 14.1 Å². The summed E-state index contributed by atoms with van der Waals surface area (Å²) in [6.07, 6.45) is 4.19. The van der Waals surface area contributed by atoms with Crippen molar-refractivity contribution in [3.8, 4) is 17.0 Å². The zero-order valence-corrected chi connectivity index (χ0v) is 16.1. The van der Waals surface area contributed by atoms with Crippen molar-refractivity contribution in [2.75, 3.05) is 13.7 Å². The van der Waals surface area contributed by atoms with Gasteiger partial charge in [-0.1, -0.05) is 38.8 Å². The van der Waals surface area contributed by atoms with Crippen molar-refractivity contribution in [3.05, 3.63) is 36.1 Å². The second-order valence-corrected chi connectivity index (χ2v) is 7.96. The summed E-state index contributed by atoms with van der Waals surface area (Å²) >= 11 is 0. The first-order valence-corrected chi connectivity index (χ1v) is 9.32. The van der Waals surface area contributed by atoms with E-state index in [0.29, 0.717) is 0 Å². The average molecular weight is 356 g/mol. The summed E-state index contributed by atoms with van der Waals surface area (Å²) in [5.41, 5.74) is 1.36. The number of ether oxygens (including phenoxy) is 1. The third-order valence-corrected chi connectivity index (χ3v) is 4.90. The quantitative estimate of drug-likeness (QED) is 0.789. The highest BCUT2D eigenvalue weighted by molar-refractivity contribution is 5.82. The van der Waals surface area contributed by atoms with Crippen LogP contribution in [-0.4, -0.2) is 29.6 Å². The molecule has 5 heteroatoms. The number of carbonyl (C=O) groups excluding carboxylic acids is 1. The number of methoxy groups -OCH3 is 1. The largest absolute Gasteiger partial charge is 0.497 e. The van der Waals surface area contributed by atoms with Crippen LogP contribution in [-0.2, 0) is 4.79 Å². The van der Waals surface area contributed by atoms with Gasteiger partial charge >= 0.3 is 0 Å². The maximum Gasteiger partial charge on any atom is 0.228 e. The monoisotopic (exact) mass is 356 g/mol. The number of amides is 1. The lowest BCUT2D eigenvalue weighted by Crippen LogP contribution is -2.41. The summed E-state index contributed by atoms with van der Waals surface area (Å²) in [6.45, 7) is 6.70. The molecule has 2 aromatic rings. The van der Waals surface area contributed by atoms with Crippen LogP contribution in [0.25, 0.3) is 11.3 Å². The third-order valence-electron chi connectivity index (χ3n) is 4.90. The van der Waals surface area contributed by atoms with Crippen LogP contribution in [0.15, 0.2) is 34.9 Å². The predicted octanol–water partition coefficient (Wildman–Crippen LogP) is 4.84. The SMILES string of the molecule is COc1ccc(-c2cc(C3CCCCCN3C(=O)C(C)(C)C)on2)cc1. The number of benzene rings is 1. The Labute approximate surface area is 155 Å². The number of nitrogens with zero attached hydrogens (tertiary/aromatic N) is 2. The molecule has 1 aliphatic rings. The molecule has 5 nitrogen and oxygen atoms in total. The van der Waals surface area contributed by atoms with Crippen molar-refractivity contribution in [1.29, 1.82) is 0 Å². The Morgan fingerprint density at radius 2 is 1.92 bits per heavy atom. The molecule has 0 saturated carbocycles. The Hall–Kier alpha value is -2.30. The van der Waals surface area contributed by atoms with Crippen LogP contribution in [0.5, 0.6) is 5.75 Å². The van der Waals surface area contributed by atoms with Crippen molar-refractivity contribution in [2.45, 2.75) is 52.5 Å². The van der Waals surface area contributed by atoms with Crippen LogP contribution in [0.3, 0.4) is 0 Å². The van der Waals surface area contributed by atoms with Gasteiger partial charge in [0.05, 0.1) is 13.2 Å². The van der Waals surface area contributed by atoms with Crippen LogP contribution in [0, 0.1) is 5.41 Å². The fraction of sp³-hybridized carbons (Fsp3) is 0.524. The molecule has 0 spiro atoms. The van der Waals surface area contributed by atoms with Gasteiger partial charge in [0.15, 0.2) is 5.76 Å². The number of likely N-dealkylation sites (tertiary alicyclic amines) is 1. The van der Waals surface area contributed by atoms with E-state index < -0.39 is 5.41 Å². The number of aromatic nitrogens is 1. The van der Waals surface area contributed by atoms with Gasteiger partial charge < -0.3 is 14.2 Å². The Morgan fingerprint density at radius 1 is 1.19 bits per heavy atom. The van der Waals surface area contributed by atoms with E-state index in [1.54, 1.807) is 7.11 Å².